The standard InChI is InChI=1S/C8H10BrN3O2S/c9-6-4-11-8(15-6)12-7(13)5-3-10-1-2-14-5/h4-5,10H,1-3H2,(H,11,12,13). The molecule has 1 atom stereocenters. The number of rotatable bonds is 2. The zero-order valence-corrected chi connectivity index (χ0v) is 10.2. The molecule has 1 aromatic rings. The molecule has 2 heterocycles. The van der Waals surface area contributed by atoms with Crippen molar-refractivity contribution in [2.24, 2.45) is 0 Å². The van der Waals surface area contributed by atoms with Crippen LogP contribution in [0.1, 0.15) is 0 Å². The van der Waals surface area contributed by atoms with Crippen LogP contribution in [-0.2, 0) is 9.53 Å². The number of amides is 1. The van der Waals surface area contributed by atoms with Crippen molar-refractivity contribution in [3.63, 3.8) is 0 Å². The first-order valence-electron chi connectivity index (χ1n) is 4.50. The molecule has 1 aliphatic heterocycles. The topological polar surface area (TPSA) is 63.2 Å². The Morgan fingerprint density at radius 2 is 2.67 bits per heavy atom. The second-order valence-corrected chi connectivity index (χ2v) is 5.43. The largest absolute Gasteiger partial charge is 0.366 e. The molecule has 1 unspecified atom stereocenters. The van der Waals surface area contributed by atoms with Gasteiger partial charge in [0.2, 0.25) is 0 Å². The summed E-state index contributed by atoms with van der Waals surface area (Å²) in [5, 5.41) is 6.38. The van der Waals surface area contributed by atoms with Crippen molar-refractivity contribution < 1.29 is 9.53 Å². The van der Waals surface area contributed by atoms with Crippen molar-refractivity contribution in [3.05, 3.63) is 9.98 Å². The number of anilines is 1. The quantitative estimate of drug-likeness (QED) is 0.847. The van der Waals surface area contributed by atoms with Gasteiger partial charge in [-0.15, -0.1) is 0 Å². The number of morpholine rings is 1. The van der Waals surface area contributed by atoms with Crippen LogP contribution in [0.3, 0.4) is 0 Å². The molecule has 0 spiro atoms. The third-order valence-electron chi connectivity index (χ3n) is 1.93. The van der Waals surface area contributed by atoms with Crippen LogP contribution in [0, 0.1) is 0 Å². The minimum absolute atomic E-state index is 0.149. The maximum absolute atomic E-state index is 11.7. The van der Waals surface area contributed by atoms with Gasteiger partial charge in [-0.25, -0.2) is 4.98 Å². The highest BCUT2D eigenvalue weighted by Gasteiger charge is 2.22. The zero-order valence-electron chi connectivity index (χ0n) is 7.83. The lowest BCUT2D eigenvalue weighted by molar-refractivity contribution is -0.128. The molecule has 15 heavy (non-hydrogen) atoms. The highest BCUT2D eigenvalue weighted by molar-refractivity contribution is 9.11. The molecule has 82 valence electrons. The van der Waals surface area contributed by atoms with Gasteiger partial charge in [0, 0.05) is 13.1 Å². The van der Waals surface area contributed by atoms with Gasteiger partial charge in [0.25, 0.3) is 5.91 Å². The van der Waals surface area contributed by atoms with Crippen molar-refractivity contribution >= 4 is 38.3 Å². The molecule has 7 heteroatoms. The Kier molecular flexibility index (Phi) is 3.68. The second kappa shape index (κ2) is 5.02. The first-order valence-corrected chi connectivity index (χ1v) is 6.11. The van der Waals surface area contributed by atoms with E-state index in [4.69, 9.17) is 4.74 Å². The summed E-state index contributed by atoms with van der Waals surface area (Å²) in [6, 6.07) is 0. The third kappa shape index (κ3) is 2.97. The number of hydrogen-bond donors (Lipinski definition) is 2. The Labute approximate surface area is 99.4 Å². The lowest BCUT2D eigenvalue weighted by Crippen LogP contribution is -2.45. The highest BCUT2D eigenvalue weighted by Crippen LogP contribution is 2.23. The molecule has 0 aliphatic carbocycles. The van der Waals surface area contributed by atoms with Crippen LogP contribution in [-0.4, -0.2) is 36.7 Å². The summed E-state index contributed by atoms with van der Waals surface area (Å²) in [5.74, 6) is -0.149. The fraction of sp³-hybridized carbons (Fsp3) is 0.500. The van der Waals surface area contributed by atoms with E-state index in [0.29, 0.717) is 18.3 Å². The Balaban J connectivity index is 1.91. The highest BCUT2D eigenvalue weighted by atomic mass is 79.9. The SMILES string of the molecule is O=C(Nc1ncc(Br)s1)C1CNCCO1. The van der Waals surface area contributed by atoms with Gasteiger partial charge in [0.1, 0.15) is 6.10 Å². The van der Waals surface area contributed by atoms with Crippen LogP contribution in [0.4, 0.5) is 5.13 Å². The van der Waals surface area contributed by atoms with E-state index in [0.717, 1.165) is 10.3 Å². The smallest absolute Gasteiger partial charge is 0.256 e. The Bertz CT molecular complexity index is 351. The van der Waals surface area contributed by atoms with E-state index in [-0.39, 0.29) is 5.91 Å². The molecule has 0 saturated carbocycles. The van der Waals surface area contributed by atoms with Crippen LogP contribution in [0.15, 0.2) is 9.98 Å². The number of ether oxygens (including phenoxy) is 1. The van der Waals surface area contributed by atoms with Crippen molar-refractivity contribution in [3.8, 4) is 0 Å². The molecule has 0 bridgehead atoms. The van der Waals surface area contributed by atoms with Crippen LogP contribution in [0.25, 0.3) is 0 Å². The number of aromatic nitrogens is 1. The summed E-state index contributed by atoms with van der Waals surface area (Å²) in [6.45, 7) is 1.92. The molecular weight excluding hydrogens is 282 g/mol. The maximum atomic E-state index is 11.7. The molecular formula is C8H10BrN3O2S. The Morgan fingerprint density at radius 1 is 1.80 bits per heavy atom. The molecule has 1 saturated heterocycles. The van der Waals surface area contributed by atoms with Crippen molar-refractivity contribution in [1.82, 2.24) is 10.3 Å². The van der Waals surface area contributed by atoms with Crippen molar-refractivity contribution in [2.75, 3.05) is 25.0 Å². The monoisotopic (exact) mass is 291 g/mol. The summed E-state index contributed by atoms with van der Waals surface area (Å²) in [4.78, 5) is 15.7. The van der Waals surface area contributed by atoms with Gasteiger partial charge in [0.05, 0.1) is 16.6 Å². The predicted octanol–water partition coefficient (Wildman–Crippen LogP) is 0.832. The minimum atomic E-state index is -0.415. The summed E-state index contributed by atoms with van der Waals surface area (Å²) in [7, 11) is 0. The van der Waals surface area contributed by atoms with Crippen LogP contribution < -0.4 is 10.6 Å². The number of nitrogens with one attached hydrogen (secondary N) is 2. The molecule has 2 rings (SSSR count). The van der Waals surface area contributed by atoms with Gasteiger partial charge in [-0.3, -0.25) is 10.1 Å². The normalized spacial score (nSPS) is 21.3. The predicted molar refractivity (Wildman–Crippen MR) is 61.1 cm³/mol. The van der Waals surface area contributed by atoms with Crippen LogP contribution in [0.5, 0.6) is 0 Å². The minimum Gasteiger partial charge on any atom is -0.366 e. The van der Waals surface area contributed by atoms with Crippen LogP contribution >= 0.6 is 27.3 Å². The maximum Gasteiger partial charge on any atom is 0.256 e. The third-order valence-corrected chi connectivity index (χ3v) is 3.32. The van der Waals surface area contributed by atoms with Gasteiger partial charge >= 0.3 is 0 Å². The molecule has 1 aromatic heterocycles. The molecule has 0 radical (unpaired) electrons. The molecule has 1 amide bonds. The van der Waals surface area contributed by atoms with E-state index in [9.17, 15) is 4.79 Å². The molecule has 1 aliphatic rings. The van der Waals surface area contributed by atoms with Gasteiger partial charge in [-0.1, -0.05) is 11.3 Å². The summed E-state index contributed by atoms with van der Waals surface area (Å²) in [5.41, 5.74) is 0. The summed E-state index contributed by atoms with van der Waals surface area (Å²) >= 11 is 4.66. The summed E-state index contributed by atoms with van der Waals surface area (Å²) < 4.78 is 6.20. The fourth-order valence-electron chi connectivity index (χ4n) is 1.23. The number of hydrogen-bond acceptors (Lipinski definition) is 5. The fourth-order valence-corrected chi connectivity index (χ4v) is 2.34. The summed E-state index contributed by atoms with van der Waals surface area (Å²) in [6.07, 6.45) is 1.24. The number of carbonyl (C=O) groups excluding carboxylic acids is 1. The van der Waals surface area contributed by atoms with Gasteiger partial charge in [0.15, 0.2) is 5.13 Å². The van der Waals surface area contributed by atoms with Crippen LogP contribution in [0.2, 0.25) is 0 Å². The lowest BCUT2D eigenvalue weighted by Gasteiger charge is -2.22. The first-order chi connectivity index (χ1) is 7.25. The van der Waals surface area contributed by atoms with E-state index in [2.05, 4.69) is 31.5 Å². The van der Waals surface area contributed by atoms with E-state index in [1.165, 1.54) is 11.3 Å². The van der Waals surface area contributed by atoms with Gasteiger partial charge < -0.3 is 10.1 Å². The second-order valence-electron chi connectivity index (χ2n) is 3.02. The van der Waals surface area contributed by atoms with E-state index in [1.54, 1.807) is 6.20 Å². The van der Waals surface area contributed by atoms with E-state index < -0.39 is 6.10 Å². The number of carbonyl (C=O) groups is 1. The Hall–Kier alpha value is -0.500. The van der Waals surface area contributed by atoms with E-state index in [1.807, 2.05) is 0 Å². The zero-order chi connectivity index (χ0) is 10.7. The number of halogens is 1. The average Bonchev–Trinajstić information content (AvgIpc) is 2.65. The van der Waals surface area contributed by atoms with E-state index >= 15 is 0 Å². The molecule has 1 fully saturated rings. The van der Waals surface area contributed by atoms with Gasteiger partial charge in [-0.2, -0.15) is 0 Å². The van der Waals surface area contributed by atoms with Crippen molar-refractivity contribution in [2.45, 2.75) is 6.10 Å². The molecule has 0 aromatic carbocycles. The Morgan fingerprint density at radius 3 is 3.27 bits per heavy atom. The van der Waals surface area contributed by atoms with Crippen molar-refractivity contribution in [1.29, 1.82) is 0 Å². The molecule has 2 N–H and O–H groups in total. The van der Waals surface area contributed by atoms with Gasteiger partial charge in [-0.05, 0) is 15.9 Å². The lowest BCUT2D eigenvalue weighted by atomic mass is 10.3. The average molecular weight is 292 g/mol. The number of nitrogens with zero attached hydrogens (tertiary/aromatic N) is 1. The molecule has 5 nitrogen and oxygen atoms in total. The first kappa shape index (κ1) is 11.0. The number of thiazole rings is 1.